The van der Waals surface area contributed by atoms with Crippen molar-refractivity contribution in [3.05, 3.63) is 59.9 Å². The first-order valence-electron chi connectivity index (χ1n) is 6.54. The lowest BCUT2D eigenvalue weighted by atomic mass is 10.1. The minimum atomic E-state index is -0.697. The molecule has 0 aliphatic heterocycles. The Labute approximate surface area is 122 Å². The SMILES string of the molecule is COc1ccc(NC(=O)[C@H](N)Cc2ccccc2)cc1F. The molecule has 0 unspecified atom stereocenters. The van der Waals surface area contributed by atoms with Gasteiger partial charge < -0.3 is 15.8 Å². The fraction of sp³-hybridized carbons (Fsp3) is 0.188. The zero-order valence-corrected chi connectivity index (χ0v) is 11.7. The van der Waals surface area contributed by atoms with E-state index in [-0.39, 0.29) is 11.7 Å². The maximum absolute atomic E-state index is 13.5. The quantitative estimate of drug-likeness (QED) is 0.887. The van der Waals surface area contributed by atoms with Crippen LogP contribution in [0.3, 0.4) is 0 Å². The summed E-state index contributed by atoms with van der Waals surface area (Å²) in [5.41, 5.74) is 7.18. The first-order chi connectivity index (χ1) is 10.1. The van der Waals surface area contributed by atoms with E-state index in [9.17, 15) is 9.18 Å². The van der Waals surface area contributed by atoms with Crippen LogP contribution in [-0.2, 0) is 11.2 Å². The number of carbonyl (C=O) groups is 1. The highest BCUT2D eigenvalue weighted by molar-refractivity contribution is 5.94. The van der Waals surface area contributed by atoms with Crippen molar-refractivity contribution in [1.82, 2.24) is 0 Å². The zero-order chi connectivity index (χ0) is 15.2. The van der Waals surface area contributed by atoms with Crippen molar-refractivity contribution in [3.63, 3.8) is 0 Å². The molecule has 2 aromatic rings. The number of hydrogen-bond donors (Lipinski definition) is 2. The monoisotopic (exact) mass is 288 g/mol. The number of amides is 1. The molecule has 1 atom stereocenters. The second-order valence-electron chi connectivity index (χ2n) is 4.63. The smallest absolute Gasteiger partial charge is 0.241 e. The Morgan fingerprint density at radius 1 is 1.29 bits per heavy atom. The Bertz CT molecular complexity index is 617. The molecule has 0 saturated heterocycles. The predicted molar refractivity (Wildman–Crippen MR) is 79.7 cm³/mol. The van der Waals surface area contributed by atoms with Gasteiger partial charge in [-0.15, -0.1) is 0 Å². The van der Waals surface area contributed by atoms with Crippen molar-refractivity contribution < 1.29 is 13.9 Å². The molecule has 2 aromatic carbocycles. The number of carbonyl (C=O) groups excluding carboxylic acids is 1. The third kappa shape index (κ3) is 4.03. The molecule has 0 radical (unpaired) electrons. The number of halogens is 1. The van der Waals surface area contributed by atoms with E-state index in [1.54, 1.807) is 6.07 Å². The maximum atomic E-state index is 13.5. The van der Waals surface area contributed by atoms with E-state index in [1.165, 1.54) is 19.2 Å². The normalized spacial score (nSPS) is 11.8. The van der Waals surface area contributed by atoms with Crippen LogP contribution in [0.1, 0.15) is 5.56 Å². The van der Waals surface area contributed by atoms with Crippen LogP contribution in [0, 0.1) is 5.82 Å². The van der Waals surface area contributed by atoms with E-state index in [0.717, 1.165) is 5.56 Å². The summed E-state index contributed by atoms with van der Waals surface area (Å²) in [5, 5.41) is 2.59. The summed E-state index contributed by atoms with van der Waals surface area (Å²) in [6, 6.07) is 13.0. The standard InChI is InChI=1S/C16H17FN2O2/c1-21-15-8-7-12(10-13(15)17)19-16(20)14(18)9-11-5-3-2-4-6-11/h2-8,10,14H,9,18H2,1H3,(H,19,20)/t14-/m1/s1. The number of hydrogen-bond acceptors (Lipinski definition) is 3. The second-order valence-corrected chi connectivity index (χ2v) is 4.63. The molecule has 0 heterocycles. The van der Waals surface area contributed by atoms with Crippen LogP contribution in [0.5, 0.6) is 5.75 Å². The van der Waals surface area contributed by atoms with Crippen LogP contribution in [0.25, 0.3) is 0 Å². The fourth-order valence-corrected chi connectivity index (χ4v) is 1.94. The zero-order valence-electron chi connectivity index (χ0n) is 11.7. The Balaban J connectivity index is 1.99. The van der Waals surface area contributed by atoms with Crippen molar-refractivity contribution in [2.45, 2.75) is 12.5 Å². The van der Waals surface area contributed by atoms with Gasteiger partial charge in [0.1, 0.15) is 0 Å². The Morgan fingerprint density at radius 3 is 2.62 bits per heavy atom. The van der Waals surface area contributed by atoms with Crippen molar-refractivity contribution in [2.75, 3.05) is 12.4 Å². The van der Waals surface area contributed by atoms with Crippen LogP contribution in [0.4, 0.5) is 10.1 Å². The summed E-state index contributed by atoms with van der Waals surface area (Å²) in [7, 11) is 1.38. The summed E-state index contributed by atoms with van der Waals surface area (Å²) >= 11 is 0. The molecule has 5 heteroatoms. The van der Waals surface area contributed by atoms with Crippen molar-refractivity contribution in [3.8, 4) is 5.75 Å². The molecular weight excluding hydrogens is 271 g/mol. The number of ether oxygens (including phenoxy) is 1. The van der Waals surface area contributed by atoms with Crippen molar-refractivity contribution in [1.29, 1.82) is 0 Å². The minimum Gasteiger partial charge on any atom is -0.494 e. The third-order valence-electron chi connectivity index (χ3n) is 3.05. The third-order valence-corrected chi connectivity index (χ3v) is 3.05. The number of rotatable bonds is 5. The predicted octanol–water partition coefficient (Wildman–Crippen LogP) is 2.34. The lowest BCUT2D eigenvalue weighted by Gasteiger charge is -2.13. The highest BCUT2D eigenvalue weighted by Gasteiger charge is 2.15. The number of benzene rings is 2. The Kier molecular flexibility index (Phi) is 4.90. The molecule has 110 valence electrons. The lowest BCUT2D eigenvalue weighted by Crippen LogP contribution is -2.37. The van der Waals surface area contributed by atoms with Crippen LogP contribution < -0.4 is 15.8 Å². The van der Waals surface area contributed by atoms with E-state index in [1.807, 2.05) is 30.3 Å². The fourth-order valence-electron chi connectivity index (χ4n) is 1.94. The highest BCUT2D eigenvalue weighted by atomic mass is 19.1. The molecule has 1 amide bonds. The molecule has 0 saturated carbocycles. The second kappa shape index (κ2) is 6.85. The van der Waals surface area contributed by atoms with Crippen LogP contribution in [0.2, 0.25) is 0 Å². The molecule has 0 aromatic heterocycles. The molecule has 21 heavy (non-hydrogen) atoms. The Morgan fingerprint density at radius 2 is 2.00 bits per heavy atom. The molecule has 2 rings (SSSR count). The summed E-state index contributed by atoms with van der Waals surface area (Å²) in [6.07, 6.45) is 0.422. The van der Waals surface area contributed by atoms with Gasteiger partial charge >= 0.3 is 0 Å². The summed E-state index contributed by atoms with van der Waals surface area (Å²) in [4.78, 5) is 12.0. The van der Waals surface area contributed by atoms with Gasteiger partial charge in [-0.1, -0.05) is 30.3 Å². The van der Waals surface area contributed by atoms with Gasteiger partial charge in [0.15, 0.2) is 11.6 Å². The van der Waals surface area contributed by atoms with E-state index >= 15 is 0 Å². The first-order valence-corrected chi connectivity index (χ1v) is 6.54. The molecule has 0 bridgehead atoms. The van der Waals surface area contributed by atoms with Gasteiger partial charge in [0.05, 0.1) is 13.2 Å². The van der Waals surface area contributed by atoms with Gasteiger partial charge in [0.25, 0.3) is 0 Å². The minimum absolute atomic E-state index is 0.126. The topological polar surface area (TPSA) is 64.3 Å². The van der Waals surface area contributed by atoms with E-state index in [2.05, 4.69) is 5.32 Å². The summed E-state index contributed by atoms with van der Waals surface area (Å²) < 4.78 is 18.4. The van der Waals surface area contributed by atoms with E-state index in [4.69, 9.17) is 10.5 Å². The highest BCUT2D eigenvalue weighted by Crippen LogP contribution is 2.20. The van der Waals surface area contributed by atoms with Gasteiger partial charge in [0, 0.05) is 11.8 Å². The molecule has 4 nitrogen and oxygen atoms in total. The van der Waals surface area contributed by atoms with Crippen LogP contribution >= 0.6 is 0 Å². The van der Waals surface area contributed by atoms with Gasteiger partial charge in [-0.2, -0.15) is 0 Å². The molecular formula is C16H17FN2O2. The van der Waals surface area contributed by atoms with Gasteiger partial charge in [-0.3, -0.25) is 4.79 Å². The number of nitrogens with one attached hydrogen (secondary N) is 1. The molecule has 3 N–H and O–H groups in total. The van der Waals surface area contributed by atoms with E-state index < -0.39 is 11.9 Å². The number of nitrogens with two attached hydrogens (primary N) is 1. The number of methoxy groups -OCH3 is 1. The van der Waals surface area contributed by atoms with E-state index in [0.29, 0.717) is 12.1 Å². The maximum Gasteiger partial charge on any atom is 0.241 e. The van der Waals surface area contributed by atoms with Crippen molar-refractivity contribution >= 4 is 11.6 Å². The van der Waals surface area contributed by atoms with Gasteiger partial charge in [-0.25, -0.2) is 4.39 Å². The molecule has 0 fully saturated rings. The number of anilines is 1. The van der Waals surface area contributed by atoms with Gasteiger partial charge in [-0.05, 0) is 24.1 Å². The molecule has 0 spiro atoms. The summed E-state index contributed by atoms with van der Waals surface area (Å²) in [5.74, 6) is -0.767. The van der Waals surface area contributed by atoms with Crippen molar-refractivity contribution in [2.24, 2.45) is 5.73 Å². The molecule has 0 aliphatic rings. The lowest BCUT2D eigenvalue weighted by molar-refractivity contribution is -0.117. The van der Waals surface area contributed by atoms with Gasteiger partial charge in [0.2, 0.25) is 5.91 Å². The van der Waals surface area contributed by atoms with Crippen LogP contribution in [-0.4, -0.2) is 19.1 Å². The molecule has 0 aliphatic carbocycles. The Hall–Kier alpha value is -2.40. The van der Waals surface area contributed by atoms with Crippen LogP contribution in [0.15, 0.2) is 48.5 Å². The average Bonchev–Trinajstić information content (AvgIpc) is 2.48. The summed E-state index contributed by atoms with van der Waals surface area (Å²) in [6.45, 7) is 0. The largest absolute Gasteiger partial charge is 0.494 e. The average molecular weight is 288 g/mol. The first kappa shape index (κ1) is 15.0.